The molecule has 1 unspecified atom stereocenters. The Labute approximate surface area is 157 Å². The van der Waals surface area contributed by atoms with E-state index in [0.29, 0.717) is 17.4 Å². The predicted molar refractivity (Wildman–Crippen MR) is 104 cm³/mol. The van der Waals surface area contributed by atoms with Gasteiger partial charge in [0.15, 0.2) is 5.15 Å². The van der Waals surface area contributed by atoms with E-state index in [4.69, 9.17) is 11.6 Å². The standard InChI is InChI=1S/C18H23ClN4OS/c1-3-22(18(24)13(2)11-25-12-14-6-7-14)16-10-23(21-17(16)19)15-5-4-8-20-9-15/h4-5,8-10,13-14H,3,6-7,11-12H2,1-2H3. The van der Waals surface area contributed by atoms with Crippen LogP contribution in [-0.2, 0) is 4.79 Å². The third-order valence-corrected chi connectivity index (χ3v) is 5.99. The Hall–Kier alpha value is -1.53. The maximum atomic E-state index is 12.9. The van der Waals surface area contributed by atoms with Crippen molar-refractivity contribution in [2.24, 2.45) is 11.8 Å². The number of hydrogen-bond acceptors (Lipinski definition) is 4. The van der Waals surface area contributed by atoms with Crippen LogP contribution in [0.1, 0.15) is 26.7 Å². The number of rotatable bonds is 8. The topological polar surface area (TPSA) is 51.0 Å². The number of carbonyl (C=O) groups excluding carboxylic acids is 1. The van der Waals surface area contributed by atoms with Gasteiger partial charge in [-0.15, -0.1) is 0 Å². The molecule has 0 bridgehead atoms. The molecule has 1 saturated carbocycles. The Bertz CT molecular complexity index is 717. The Morgan fingerprint density at radius 3 is 2.96 bits per heavy atom. The normalized spacial score (nSPS) is 15.2. The highest BCUT2D eigenvalue weighted by Gasteiger charge is 2.26. The van der Waals surface area contributed by atoms with Gasteiger partial charge in [0.05, 0.1) is 18.1 Å². The van der Waals surface area contributed by atoms with Crippen molar-refractivity contribution in [1.29, 1.82) is 0 Å². The van der Waals surface area contributed by atoms with E-state index in [-0.39, 0.29) is 11.8 Å². The number of nitrogens with zero attached hydrogens (tertiary/aromatic N) is 4. The summed E-state index contributed by atoms with van der Waals surface area (Å²) in [6.45, 7) is 4.51. The van der Waals surface area contributed by atoms with Crippen LogP contribution in [0, 0.1) is 11.8 Å². The molecule has 1 aliphatic rings. The highest BCUT2D eigenvalue weighted by Crippen LogP contribution is 2.33. The Morgan fingerprint density at radius 1 is 1.52 bits per heavy atom. The van der Waals surface area contributed by atoms with Gasteiger partial charge in [0.1, 0.15) is 5.69 Å². The van der Waals surface area contributed by atoms with E-state index in [1.165, 1.54) is 18.6 Å². The minimum atomic E-state index is -0.0403. The lowest BCUT2D eigenvalue weighted by Gasteiger charge is -2.23. The van der Waals surface area contributed by atoms with E-state index in [1.54, 1.807) is 28.2 Å². The van der Waals surface area contributed by atoms with Gasteiger partial charge in [0.2, 0.25) is 5.91 Å². The largest absolute Gasteiger partial charge is 0.308 e. The third kappa shape index (κ3) is 4.55. The Morgan fingerprint density at radius 2 is 2.32 bits per heavy atom. The zero-order valence-electron chi connectivity index (χ0n) is 14.6. The summed E-state index contributed by atoms with van der Waals surface area (Å²) in [5.41, 5.74) is 1.46. The molecule has 1 atom stereocenters. The number of aromatic nitrogens is 3. The second-order valence-corrected chi connectivity index (χ2v) is 7.86. The molecule has 0 aliphatic heterocycles. The maximum Gasteiger partial charge on any atom is 0.230 e. The third-order valence-electron chi connectivity index (χ3n) is 4.27. The van der Waals surface area contributed by atoms with Gasteiger partial charge in [-0.2, -0.15) is 16.9 Å². The molecular weight excluding hydrogens is 356 g/mol. The Balaban J connectivity index is 1.71. The number of hydrogen-bond donors (Lipinski definition) is 0. The summed E-state index contributed by atoms with van der Waals surface area (Å²) >= 11 is 8.20. The number of carbonyl (C=O) groups is 1. The van der Waals surface area contributed by atoms with Crippen LogP contribution in [-0.4, -0.2) is 38.7 Å². The number of thioether (sulfide) groups is 1. The van der Waals surface area contributed by atoms with Crippen LogP contribution in [0.4, 0.5) is 5.69 Å². The van der Waals surface area contributed by atoms with E-state index in [1.807, 2.05) is 37.7 Å². The number of anilines is 1. The number of amides is 1. The van der Waals surface area contributed by atoms with Gasteiger partial charge in [-0.05, 0) is 43.6 Å². The van der Waals surface area contributed by atoms with Gasteiger partial charge in [0.25, 0.3) is 0 Å². The summed E-state index contributed by atoms with van der Waals surface area (Å²) in [5.74, 6) is 2.95. The summed E-state index contributed by atoms with van der Waals surface area (Å²) in [7, 11) is 0. The van der Waals surface area contributed by atoms with E-state index in [0.717, 1.165) is 17.4 Å². The quantitative estimate of drug-likeness (QED) is 0.695. The first-order valence-electron chi connectivity index (χ1n) is 8.64. The first-order chi connectivity index (χ1) is 12.1. The molecule has 1 fully saturated rings. The van der Waals surface area contributed by atoms with E-state index in [9.17, 15) is 4.79 Å². The summed E-state index contributed by atoms with van der Waals surface area (Å²) in [6.07, 6.45) is 7.91. The molecule has 0 N–H and O–H groups in total. The van der Waals surface area contributed by atoms with Gasteiger partial charge >= 0.3 is 0 Å². The van der Waals surface area contributed by atoms with Crippen molar-refractivity contribution in [1.82, 2.24) is 14.8 Å². The number of halogens is 1. The highest BCUT2D eigenvalue weighted by molar-refractivity contribution is 7.99. The molecule has 3 rings (SSSR count). The van der Waals surface area contributed by atoms with Crippen molar-refractivity contribution >= 4 is 35.0 Å². The fourth-order valence-electron chi connectivity index (χ4n) is 2.62. The molecular formula is C18H23ClN4OS. The lowest BCUT2D eigenvalue weighted by atomic mass is 10.2. The van der Waals surface area contributed by atoms with Gasteiger partial charge in [-0.25, -0.2) is 4.68 Å². The van der Waals surface area contributed by atoms with Crippen LogP contribution in [0.15, 0.2) is 30.7 Å². The van der Waals surface area contributed by atoms with E-state index in [2.05, 4.69) is 10.1 Å². The lowest BCUT2D eigenvalue weighted by molar-refractivity contribution is -0.121. The van der Waals surface area contributed by atoms with Gasteiger partial charge in [0, 0.05) is 24.4 Å². The Kier molecular flexibility index (Phi) is 6.02. The van der Waals surface area contributed by atoms with Crippen LogP contribution >= 0.6 is 23.4 Å². The predicted octanol–water partition coefficient (Wildman–Crippen LogP) is 4.05. The maximum absolute atomic E-state index is 12.9. The molecule has 25 heavy (non-hydrogen) atoms. The second kappa shape index (κ2) is 8.23. The molecule has 7 heteroatoms. The monoisotopic (exact) mass is 378 g/mol. The van der Waals surface area contributed by atoms with Crippen LogP contribution < -0.4 is 4.90 Å². The molecule has 2 aromatic heterocycles. The molecule has 2 aromatic rings. The van der Waals surface area contributed by atoms with Crippen molar-refractivity contribution < 1.29 is 4.79 Å². The summed E-state index contributed by atoms with van der Waals surface area (Å²) < 4.78 is 1.66. The van der Waals surface area contributed by atoms with Crippen LogP contribution in [0.2, 0.25) is 5.15 Å². The average Bonchev–Trinajstić information content (AvgIpc) is 3.37. The smallest absolute Gasteiger partial charge is 0.230 e. The highest BCUT2D eigenvalue weighted by atomic mass is 35.5. The van der Waals surface area contributed by atoms with Crippen molar-refractivity contribution in [3.05, 3.63) is 35.9 Å². The summed E-state index contributed by atoms with van der Waals surface area (Å²) in [4.78, 5) is 18.7. The molecule has 1 amide bonds. The minimum Gasteiger partial charge on any atom is -0.308 e. The molecule has 1 aliphatic carbocycles. The van der Waals surface area contributed by atoms with Crippen LogP contribution in [0.3, 0.4) is 0 Å². The number of pyridine rings is 1. The average molecular weight is 379 g/mol. The van der Waals surface area contributed by atoms with Crippen molar-refractivity contribution in [2.75, 3.05) is 23.0 Å². The molecule has 0 spiro atoms. The zero-order chi connectivity index (χ0) is 17.8. The van der Waals surface area contributed by atoms with Crippen molar-refractivity contribution in [2.45, 2.75) is 26.7 Å². The summed E-state index contributed by atoms with van der Waals surface area (Å²) in [5, 5.41) is 4.66. The van der Waals surface area contributed by atoms with Crippen LogP contribution in [0.25, 0.3) is 5.69 Å². The second-order valence-electron chi connectivity index (χ2n) is 6.43. The van der Waals surface area contributed by atoms with E-state index < -0.39 is 0 Å². The fourth-order valence-corrected chi connectivity index (χ4v) is 4.16. The van der Waals surface area contributed by atoms with Gasteiger partial charge in [-0.1, -0.05) is 18.5 Å². The van der Waals surface area contributed by atoms with Crippen molar-refractivity contribution in [3.63, 3.8) is 0 Å². The van der Waals surface area contributed by atoms with Gasteiger partial charge in [-0.3, -0.25) is 9.78 Å². The molecule has 5 nitrogen and oxygen atoms in total. The minimum absolute atomic E-state index is 0.0403. The van der Waals surface area contributed by atoms with Crippen LogP contribution in [0.5, 0.6) is 0 Å². The van der Waals surface area contributed by atoms with E-state index >= 15 is 0 Å². The molecule has 134 valence electrons. The SMILES string of the molecule is CCN(C(=O)C(C)CSCC1CC1)c1cn(-c2cccnc2)nc1Cl. The summed E-state index contributed by atoms with van der Waals surface area (Å²) in [6, 6.07) is 3.74. The first-order valence-corrected chi connectivity index (χ1v) is 10.2. The molecule has 0 saturated heterocycles. The molecule has 0 radical (unpaired) electrons. The molecule has 2 heterocycles. The zero-order valence-corrected chi connectivity index (χ0v) is 16.1. The fraction of sp³-hybridized carbons (Fsp3) is 0.500. The first kappa shape index (κ1) is 18.3. The lowest BCUT2D eigenvalue weighted by Crippen LogP contribution is -2.36. The van der Waals surface area contributed by atoms with Crippen molar-refractivity contribution in [3.8, 4) is 5.69 Å². The van der Waals surface area contributed by atoms with Gasteiger partial charge < -0.3 is 4.90 Å². The molecule has 0 aromatic carbocycles.